The molecule has 3 aromatic rings. The molecular weight excluding hydrogens is 304 g/mol. The van der Waals surface area contributed by atoms with E-state index in [4.69, 9.17) is 26.0 Å². The van der Waals surface area contributed by atoms with Gasteiger partial charge in [-0.15, -0.1) is 0 Å². The molecule has 6 heteroatoms. The molecule has 0 spiro atoms. The van der Waals surface area contributed by atoms with E-state index < -0.39 is 0 Å². The van der Waals surface area contributed by atoms with Crippen molar-refractivity contribution in [3.05, 3.63) is 64.9 Å². The van der Waals surface area contributed by atoms with Crippen LogP contribution < -0.4 is 4.74 Å². The van der Waals surface area contributed by atoms with E-state index in [2.05, 4.69) is 10.1 Å². The first-order valence-electron chi connectivity index (χ1n) is 6.66. The average Bonchev–Trinajstić information content (AvgIpc) is 3.02. The van der Waals surface area contributed by atoms with Gasteiger partial charge in [0.15, 0.2) is 6.61 Å². The Hall–Kier alpha value is -2.37. The van der Waals surface area contributed by atoms with Crippen molar-refractivity contribution >= 4 is 11.6 Å². The highest BCUT2D eigenvalue weighted by atomic mass is 35.5. The number of aromatic nitrogens is 2. The number of hydrogen-bond acceptors (Lipinski definition) is 5. The van der Waals surface area contributed by atoms with Crippen molar-refractivity contribution in [3.63, 3.8) is 0 Å². The smallest absolute Gasteiger partial charge is 0.259 e. The molecule has 5 nitrogen and oxygen atoms in total. The van der Waals surface area contributed by atoms with Gasteiger partial charge in [0.1, 0.15) is 5.75 Å². The van der Waals surface area contributed by atoms with Crippen LogP contribution in [0.4, 0.5) is 0 Å². The molecule has 0 aliphatic carbocycles. The summed E-state index contributed by atoms with van der Waals surface area (Å²) in [5, 5.41) is 13.5. The van der Waals surface area contributed by atoms with Crippen molar-refractivity contribution in [2.45, 2.75) is 13.2 Å². The minimum Gasteiger partial charge on any atom is -0.485 e. The zero-order chi connectivity index (χ0) is 15.4. The van der Waals surface area contributed by atoms with Crippen LogP contribution in [-0.4, -0.2) is 15.2 Å². The van der Waals surface area contributed by atoms with E-state index in [-0.39, 0.29) is 13.2 Å². The molecule has 0 atom stereocenters. The van der Waals surface area contributed by atoms with Gasteiger partial charge in [0, 0.05) is 0 Å². The third-order valence-electron chi connectivity index (χ3n) is 3.02. The van der Waals surface area contributed by atoms with Gasteiger partial charge in [-0.3, -0.25) is 0 Å². The topological polar surface area (TPSA) is 68.4 Å². The predicted molar refractivity (Wildman–Crippen MR) is 81.4 cm³/mol. The Morgan fingerprint density at radius 1 is 1.14 bits per heavy atom. The number of rotatable bonds is 5. The van der Waals surface area contributed by atoms with Gasteiger partial charge in [0.05, 0.1) is 17.2 Å². The van der Waals surface area contributed by atoms with Crippen LogP contribution in [0.15, 0.2) is 53.1 Å². The molecule has 0 aliphatic rings. The van der Waals surface area contributed by atoms with E-state index in [0.717, 1.165) is 5.56 Å². The lowest BCUT2D eigenvalue weighted by molar-refractivity contribution is 0.274. The molecule has 0 saturated heterocycles. The summed E-state index contributed by atoms with van der Waals surface area (Å²) in [6, 6.07) is 14.4. The van der Waals surface area contributed by atoms with E-state index >= 15 is 0 Å². The number of halogens is 1. The molecule has 22 heavy (non-hydrogen) atoms. The molecule has 0 unspecified atom stereocenters. The van der Waals surface area contributed by atoms with Crippen LogP contribution in [0.2, 0.25) is 5.02 Å². The molecule has 0 radical (unpaired) electrons. The third-order valence-corrected chi connectivity index (χ3v) is 3.35. The van der Waals surface area contributed by atoms with E-state index in [1.165, 1.54) is 0 Å². The summed E-state index contributed by atoms with van der Waals surface area (Å²) in [6.07, 6.45) is 0. The van der Waals surface area contributed by atoms with Crippen LogP contribution >= 0.6 is 11.6 Å². The Bertz CT molecular complexity index is 773. The highest BCUT2D eigenvalue weighted by molar-refractivity contribution is 6.33. The fourth-order valence-corrected chi connectivity index (χ4v) is 2.15. The van der Waals surface area contributed by atoms with Crippen LogP contribution in [0, 0.1) is 0 Å². The van der Waals surface area contributed by atoms with Gasteiger partial charge in [0.2, 0.25) is 5.82 Å². The van der Waals surface area contributed by atoms with Crippen LogP contribution in [0.25, 0.3) is 11.5 Å². The lowest BCUT2D eigenvalue weighted by atomic mass is 10.2. The van der Waals surface area contributed by atoms with Gasteiger partial charge < -0.3 is 14.4 Å². The number of aliphatic hydroxyl groups is 1. The van der Waals surface area contributed by atoms with Crippen molar-refractivity contribution in [3.8, 4) is 17.2 Å². The number of ether oxygens (including phenoxy) is 1. The van der Waals surface area contributed by atoms with E-state index in [0.29, 0.717) is 28.1 Å². The Labute approximate surface area is 132 Å². The molecule has 2 aromatic carbocycles. The second-order valence-electron chi connectivity index (χ2n) is 4.59. The predicted octanol–water partition coefficient (Wildman–Crippen LogP) is 3.46. The van der Waals surface area contributed by atoms with Crippen LogP contribution in [0.3, 0.4) is 0 Å². The summed E-state index contributed by atoms with van der Waals surface area (Å²) in [7, 11) is 0. The van der Waals surface area contributed by atoms with Crippen LogP contribution in [0.1, 0.15) is 11.4 Å². The Kier molecular flexibility index (Phi) is 4.37. The van der Waals surface area contributed by atoms with Crippen molar-refractivity contribution in [2.24, 2.45) is 0 Å². The van der Waals surface area contributed by atoms with Crippen LogP contribution in [0.5, 0.6) is 5.75 Å². The summed E-state index contributed by atoms with van der Waals surface area (Å²) in [6.45, 7) is 0.138. The van der Waals surface area contributed by atoms with Gasteiger partial charge in [-0.25, -0.2) is 0 Å². The van der Waals surface area contributed by atoms with Crippen molar-refractivity contribution in [1.82, 2.24) is 10.1 Å². The molecule has 0 fully saturated rings. The maximum atomic E-state index is 9.09. The van der Waals surface area contributed by atoms with E-state index in [9.17, 15) is 0 Å². The standard InChI is InChI=1S/C16H13ClN2O3/c17-14-7-2-1-6-13(14)16-18-15(19-22-16)10-21-12-5-3-4-11(8-12)9-20/h1-8,20H,9-10H2. The molecule has 0 saturated carbocycles. The Morgan fingerprint density at radius 3 is 2.82 bits per heavy atom. The molecular formula is C16H13ClN2O3. The summed E-state index contributed by atoms with van der Waals surface area (Å²) in [5.41, 5.74) is 1.47. The fraction of sp³-hybridized carbons (Fsp3) is 0.125. The SMILES string of the molecule is OCc1cccc(OCc2noc(-c3ccccc3Cl)n2)c1. The molecule has 1 N–H and O–H groups in total. The van der Waals surface area contributed by atoms with Gasteiger partial charge in [-0.2, -0.15) is 4.98 Å². The highest BCUT2D eigenvalue weighted by Gasteiger charge is 2.12. The summed E-state index contributed by atoms with van der Waals surface area (Å²) >= 11 is 6.09. The highest BCUT2D eigenvalue weighted by Crippen LogP contribution is 2.26. The first-order valence-corrected chi connectivity index (χ1v) is 7.04. The maximum absolute atomic E-state index is 9.09. The molecule has 1 aromatic heterocycles. The first kappa shape index (κ1) is 14.6. The molecule has 1 heterocycles. The van der Waals surface area contributed by atoms with Gasteiger partial charge >= 0.3 is 0 Å². The summed E-state index contributed by atoms with van der Waals surface area (Å²) in [5.74, 6) is 1.41. The van der Waals surface area contributed by atoms with E-state index in [1.54, 1.807) is 18.2 Å². The number of benzene rings is 2. The maximum Gasteiger partial charge on any atom is 0.259 e. The van der Waals surface area contributed by atoms with E-state index in [1.807, 2.05) is 30.3 Å². The minimum absolute atomic E-state index is 0.0317. The molecule has 0 bridgehead atoms. The lowest BCUT2D eigenvalue weighted by Gasteiger charge is -2.04. The quantitative estimate of drug-likeness (QED) is 0.780. The fourth-order valence-electron chi connectivity index (χ4n) is 1.94. The second kappa shape index (κ2) is 6.60. The summed E-state index contributed by atoms with van der Waals surface area (Å²) < 4.78 is 10.8. The lowest BCUT2D eigenvalue weighted by Crippen LogP contribution is -1.98. The van der Waals surface area contributed by atoms with Gasteiger partial charge in [-0.05, 0) is 29.8 Å². The first-order chi connectivity index (χ1) is 10.8. The summed E-state index contributed by atoms with van der Waals surface area (Å²) in [4.78, 5) is 4.26. The van der Waals surface area contributed by atoms with Crippen molar-refractivity contribution in [1.29, 1.82) is 0 Å². The van der Waals surface area contributed by atoms with Gasteiger partial charge in [-0.1, -0.05) is 41.0 Å². The second-order valence-corrected chi connectivity index (χ2v) is 5.00. The Balaban J connectivity index is 1.71. The monoisotopic (exact) mass is 316 g/mol. The number of hydrogen-bond donors (Lipinski definition) is 1. The zero-order valence-corrected chi connectivity index (χ0v) is 12.3. The number of nitrogens with zero attached hydrogens (tertiary/aromatic N) is 2. The van der Waals surface area contributed by atoms with Crippen molar-refractivity contribution < 1.29 is 14.4 Å². The van der Waals surface area contributed by atoms with Gasteiger partial charge in [0.25, 0.3) is 5.89 Å². The minimum atomic E-state index is -0.0317. The van der Waals surface area contributed by atoms with Crippen LogP contribution in [-0.2, 0) is 13.2 Å². The zero-order valence-electron chi connectivity index (χ0n) is 11.6. The normalized spacial score (nSPS) is 10.6. The number of aliphatic hydroxyl groups excluding tert-OH is 1. The molecule has 0 aliphatic heterocycles. The molecule has 112 valence electrons. The average molecular weight is 317 g/mol. The molecule has 0 amide bonds. The van der Waals surface area contributed by atoms with Crippen molar-refractivity contribution in [2.75, 3.05) is 0 Å². The largest absolute Gasteiger partial charge is 0.485 e. The third kappa shape index (κ3) is 3.27. The Morgan fingerprint density at radius 2 is 2.00 bits per heavy atom. The molecule has 3 rings (SSSR count).